The topological polar surface area (TPSA) is 64.3 Å². The molecule has 0 aliphatic rings. The molecule has 0 fully saturated rings. The van der Waals surface area contributed by atoms with Crippen LogP contribution >= 0.6 is 0 Å². The minimum Gasteiger partial charge on any atom is -0.352 e. The van der Waals surface area contributed by atoms with Crippen molar-refractivity contribution in [3.05, 3.63) is 35.4 Å². The lowest BCUT2D eigenvalue weighted by Crippen LogP contribution is -2.23. The van der Waals surface area contributed by atoms with Crippen molar-refractivity contribution in [2.75, 3.05) is 6.54 Å². The Hall–Kier alpha value is -1.39. The van der Waals surface area contributed by atoms with Gasteiger partial charge in [-0.25, -0.2) is 5.90 Å². The Balaban J connectivity index is 2.58. The van der Waals surface area contributed by atoms with E-state index in [0.717, 1.165) is 12.0 Å². The molecule has 1 aromatic carbocycles. The van der Waals surface area contributed by atoms with Gasteiger partial charge in [-0.15, -0.1) is 0 Å². The largest absolute Gasteiger partial charge is 0.352 e. The zero-order valence-electron chi connectivity index (χ0n) is 8.82. The molecule has 4 nitrogen and oxygen atoms in total. The van der Waals surface area contributed by atoms with E-state index in [4.69, 9.17) is 5.90 Å². The summed E-state index contributed by atoms with van der Waals surface area (Å²) in [4.78, 5) is 16.0. The van der Waals surface area contributed by atoms with E-state index in [9.17, 15) is 4.79 Å². The van der Waals surface area contributed by atoms with E-state index in [1.807, 2.05) is 19.1 Å². The van der Waals surface area contributed by atoms with E-state index >= 15 is 0 Å². The number of amides is 1. The van der Waals surface area contributed by atoms with Crippen LogP contribution < -0.4 is 11.2 Å². The number of nitrogens with one attached hydrogen (secondary N) is 1. The van der Waals surface area contributed by atoms with E-state index in [0.29, 0.717) is 18.7 Å². The van der Waals surface area contributed by atoms with Crippen LogP contribution in [0.15, 0.2) is 24.3 Å². The van der Waals surface area contributed by atoms with E-state index in [1.165, 1.54) is 0 Å². The predicted octanol–water partition coefficient (Wildman–Crippen LogP) is 1.22. The van der Waals surface area contributed by atoms with Crippen LogP contribution in [0, 0.1) is 0 Å². The maximum Gasteiger partial charge on any atom is 0.251 e. The Morgan fingerprint density at radius 2 is 2.07 bits per heavy atom. The van der Waals surface area contributed by atoms with Gasteiger partial charge < -0.3 is 5.32 Å². The number of hydrogen-bond donors (Lipinski definition) is 2. The van der Waals surface area contributed by atoms with Crippen molar-refractivity contribution in [3.63, 3.8) is 0 Å². The first-order valence-corrected chi connectivity index (χ1v) is 4.96. The summed E-state index contributed by atoms with van der Waals surface area (Å²) in [5.74, 6) is 4.90. The highest BCUT2D eigenvalue weighted by atomic mass is 16.6. The van der Waals surface area contributed by atoms with Crippen LogP contribution in [0.3, 0.4) is 0 Å². The molecule has 0 bridgehead atoms. The van der Waals surface area contributed by atoms with Gasteiger partial charge >= 0.3 is 0 Å². The Morgan fingerprint density at radius 3 is 2.60 bits per heavy atom. The van der Waals surface area contributed by atoms with Crippen LogP contribution in [0.1, 0.15) is 29.3 Å². The highest BCUT2D eigenvalue weighted by Crippen LogP contribution is 2.04. The third-order valence-corrected chi connectivity index (χ3v) is 2.00. The summed E-state index contributed by atoms with van der Waals surface area (Å²) in [5.41, 5.74) is 1.61. The molecule has 0 unspecified atom stereocenters. The Labute approximate surface area is 89.4 Å². The van der Waals surface area contributed by atoms with Crippen molar-refractivity contribution in [1.82, 2.24) is 5.32 Å². The van der Waals surface area contributed by atoms with Crippen LogP contribution in [-0.4, -0.2) is 12.5 Å². The van der Waals surface area contributed by atoms with Crippen LogP contribution in [0.4, 0.5) is 0 Å². The maximum absolute atomic E-state index is 11.5. The third kappa shape index (κ3) is 3.69. The Kier molecular flexibility index (Phi) is 4.80. The van der Waals surface area contributed by atoms with Gasteiger partial charge in [-0.2, -0.15) is 0 Å². The molecular weight excluding hydrogens is 192 g/mol. The van der Waals surface area contributed by atoms with Gasteiger partial charge in [-0.05, 0) is 24.1 Å². The predicted molar refractivity (Wildman–Crippen MR) is 58.0 cm³/mol. The summed E-state index contributed by atoms with van der Waals surface area (Å²) in [6, 6.07) is 7.18. The van der Waals surface area contributed by atoms with Crippen LogP contribution in [-0.2, 0) is 11.4 Å². The van der Waals surface area contributed by atoms with Crippen molar-refractivity contribution < 1.29 is 9.63 Å². The number of carbonyl (C=O) groups is 1. The summed E-state index contributed by atoms with van der Waals surface area (Å²) in [6.45, 7) is 3.07. The van der Waals surface area contributed by atoms with E-state index in [2.05, 4.69) is 10.2 Å². The van der Waals surface area contributed by atoms with Gasteiger partial charge in [0.05, 0.1) is 6.61 Å². The smallest absolute Gasteiger partial charge is 0.251 e. The molecule has 1 rings (SSSR count). The van der Waals surface area contributed by atoms with Gasteiger partial charge in [0, 0.05) is 12.1 Å². The molecule has 0 spiro atoms. The molecule has 0 aromatic heterocycles. The quantitative estimate of drug-likeness (QED) is 0.715. The second-order valence-corrected chi connectivity index (χ2v) is 3.26. The molecule has 4 heteroatoms. The second kappa shape index (κ2) is 6.16. The SMILES string of the molecule is CCCNC(=O)c1ccc(CON)cc1. The normalized spacial score (nSPS) is 10.0. The zero-order chi connectivity index (χ0) is 11.1. The molecule has 0 atom stereocenters. The van der Waals surface area contributed by atoms with Crippen LogP contribution in [0.25, 0.3) is 0 Å². The number of hydrogen-bond acceptors (Lipinski definition) is 3. The maximum atomic E-state index is 11.5. The van der Waals surface area contributed by atoms with Gasteiger partial charge in [0.2, 0.25) is 0 Å². The third-order valence-electron chi connectivity index (χ3n) is 2.00. The minimum atomic E-state index is -0.0444. The molecule has 0 saturated heterocycles. The second-order valence-electron chi connectivity index (χ2n) is 3.26. The van der Waals surface area contributed by atoms with Crippen molar-refractivity contribution >= 4 is 5.91 Å². The van der Waals surface area contributed by atoms with Crippen molar-refractivity contribution in [1.29, 1.82) is 0 Å². The summed E-state index contributed by atoms with van der Waals surface area (Å²) >= 11 is 0. The summed E-state index contributed by atoms with van der Waals surface area (Å²) < 4.78 is 0. The molecular formula is C11H16N2O2. The molecule has 3 N–H and O–H groups in total. The van der Waals surface area contributed by atoms with Crippen molar-refractivity contribution in [2.24, 2.45) is 5.90 Å². The highest BCUT2D eigenvalue weighted by molar-refractivity contribution is 5.94. The molecule has 0 saturated carbocycles. The molecule has 15 heavy (non-hydrogen) atoms. The average molecular weight is 208 g/mol. The van der Waals surface area contributed by atoms with E-state index in [1.54, 1.807) is 12.1 Å². The summed E-state index contributed by atoms with van der Waals surface area (Å²) in [7, 11) is 0. The highest BCUT2D eigenvalue weighted by Gasteiger charge is 2.03. The fraction of sp³-hybridized carbons (Fsp3) is 0.364. The molecule has 0 heterocycles. The van der Waals surface area contributed by atoms with Crippen LogP contribution in [0.2, 0.25) is 0 Å². The zero-order valence-corrected chi connectivity index (χ0v) is 8.82. The summed E-state index contributed by atoms with van der Waals surface area (Å²) in [5, 5.41) is 2.81. The molecule has 82 valence electrons. The molecule has 0 aliphatic carbocycles. The minimum absolute atomic E-state index is 0.0444. The van der Waals surface area contributed by atoms with Crippen molar-refractivity contribution in [3.8, 4) is 0 Å². The summed E-state index contributed by atoms with van der Waals surface area (Å²) in [6.07, 6.45) is 0.935. The first-order chi connectivity index (χ1) is 7.27. The standard InChI is InChI=1S/C11H16N2O2/c1-2-7-13-11(14)10-5-3-9(4-6-10)8-15-12/h3-6H,2,7-8,12H2,1H3,(H,13,14). The van der Waals surface area contributed by atoms with Gasteiger partial charge in [0.25, 0.3) is 5.91 Å². The number of carbonyl (C=O) groups excluding carboxylic acids is 1. The lowest BCUT2D eigenvalue weighted by Gasteiger charge is -2.04. The molecule has 1 aromatic rings. The van der Waals surface area contributed by atoms with Crippen molar-refractivity contribution in [2.45, 2.75) is 20.0 Å². The van der Waals surface area contributed by atoms with Crippen LogP contribution in [0.5, 0.6) is 0 Å². The Bertz CT molecular complexity index is 309. The Morgan fingerprint density at radius 1 is 1.40 bits per heavy atom. The van der Waals surface area contributed by atoms with Gasteiger partial charge in [0.1, 0.15) is 0 Å². The molecule has 1 amide bonds. The van der Waals surface area contributed by atoms with E-state index in [-0.39, 0.29) is 5.91 Å². The fourth-order valence-electron chi connectivity index (χ4n) is 1.19. The number of rotatable bonds is 5. The first-order valence-electron chi connectivity index (χ1n) is 4.96. The lowest BCUT2D eigenvalue weighted by molar-refractivity contribution is 0.0953. The first kappa shape index (κ1) is 11.7. The monoisotopic (exact) mass is 208 g/mol. The lowest BCUT2D eigenvalue weighted by atomic mass is 10.1. The number of nitrogens with two attached hydrogens (primary N) is 1. The molecule has 0 radical (unpaired) electrons. The van der Waals surface area contributed by atoms with Gasteiger partial charge in [-0.1, -0.05) is 19.1 Å². The molecule has 0 aliphatic heterocycles. The van der Waals surface area contributed by atoms with Gasteiger partial charge in [-0.3, -0.25) is 9.63 Å². The van der Waals surface area contributed by atoms with E-state index < -0.39 is 0 Å². The average Bonchev–Trinajstić information content (AvgIpc) is 2.27. The van der Waals surface area contributed by atoms with Gasteiger partial charge in [0.15, 0.2) is 0 Å². The fourth-order valence-corrected chi connectivity index (χ4v) is 1.19. The number of benzene rings is 1.